The van der Waals surface area contributed by atoms with Gasteiger partial charge >= 0.3 is 0 Å². The largest absolute Gasteiger partial charge is 0.507 e. The zero-order chi connectivity index (χ0) is 16.4. The lowest BCUT2D eigenvalue weighted by atomic mass is 10.1. The number of carbonyl (C=O) groups is 1. The van der Waals surface area contributed by atoms with Gasteiger partial charge in [-0.25, -0.2) is 0 Å². The third-order valence-electron chi connectivity index (χ3n) is 3.77. The van der Waals surface area contributed by atoms with Crippen molar-refractivity contribution in [2.45, 2.75) is 6.54 Å². The second kappa shape index (κ2) is 6.31. The summed E-state index contributed by atoms with van der Waals surface area (Å²) >= 11 is 5.91. The van der Waals surface area contributed by atoms with Crippen LogP contribution in [-0.2, 0) is 6.54 Å². The molecule has 3 rings (SSSR count). The molecule has 0 atom stereocenters. The minimum Gasteiger partial charge on any atom is -0.507 e. The molecule has 3 nitrogen and oxygen atoms in total. The van der Waals surface area contributed by atoms with E-state index < -0.39 is 0 Å². The first-order valence-electron chi connectivity index (χ1n) is 7.26. The molecular weight excluding hydrogens is 310 g/mol. The highest BCUT2D eigenvalue weighted by Gasteiger charge is 2.16. The van der Waals surface area contributed by atoms with Crippen molar-refractivity contribution in [2.75, 3.05) is 7.05 Å². The Morgan fingerprint density at radius 1 is 1.04 bits per heavy atom. The van der Waals surface area contributed by atoms with Crippen molar-refractivity contribution < 1.29 is 9.90 Å². The molecule has 116 valence electrons. The molecule has 23 heavy (non-hydrogen) atoms. The number of phenols is 1. The Balaban J connectivity index is 1.83. The Hall–Kier alpha value is -2.52. The van der Waals surface area contributed by atoms with Crippen molar-refractivity contribution in [1.82, 2.24) is 4.90 Å². The molecule has 0 bridgehead atoms. The molecule has 0 spiro atoms. The van der Waals surface area contributed by atoms with Crippen molar-refractivity contribution in [1.29, 1.82) is 0 Å². The minimum atomic E-state index is -0.266. The third-order valence-corrected chi connectivity index (χ3v) is 4.00. The molecule has 0 saturated heterocycles. The summed E-state index contributed by atoms with van der Waals surface area (Å²) < 4.78 is 0. The summed E-state index contributed by atoms with van der Waals surface area (Å²) in [5.74, 6) is -0.331. The lowest BCUT2D eigenvalue weighted by Gasteiger charge is -2.18. The molecule has 0 aromatic heterocycles. The smallest absolute Gasteiger partial charge is 0.257 e. The van der Waals surface area contributed by atoms with Gasteiger partial charge in [0.15, 0.2) is 0 Å². The van der Waals surface area contributed by atoms with Crippen LogP contribution in [0.4, 0.5) is 0 Å². The van der Waals surface area contributed by atoms with Crippen LogP contribution in [0.2, 0.25) is 5.02 Å². The number of amides is 1. The van der Waals surface area contributed by atoms with E-state index in [1.165, 1.54) is 12.1 Å². The highest BCUT2D eigenvalue weighted by Crippen LogP contribution is 2.23. The topological polar surface area (TPSA) is 40.5 Å². The fraction of sp³-hybridized carbons (Fsp3) is 0.105. The van der Waals surface area contributed by atoms with E-state index >= 15 is 0 Å². The zero-order valence-electron chi connectivity index (χ0n) is 12.7. The van der Waals surface area contributed by atoms with Gasteiger partial charge in [-0.1, -0.05) is 48.0 Å². The normalized spacial score (nSPS) is 10.7. The minimum absolute atomic E-state index is 0.0650. The maximum atomic E-state index is 12.5. The van der Waals surface area contributed by atoms with Crippen molar-refractivity contribution in [3.05, 3.63) is 76.8 Å². The van der Waals surface area contributed by atoms with Gasteiger partial charge in [0.1, 0.15) is 5.75 Å². The Kier molecular flexibility index (Phi) is 4.22. The number of halogens is 1. The molecule has 4 heteroatoms. The van der Waals surface area contributed by atoms with Gasteiger partial charge in [0, 0.05) is 18.6 Å². The SMILES string of the molecule is CN(Cc1ccc2ccccc2c1)C(=O)c1cc(Cl)ccc1O. The van der Waals surface area contributed by atoms with Crippen LogP contribution in [0.25, 0.3) is 10.8 Å². The number of phenolic OH excluding ortho intramolecular Hbond substituents is 1. The summed E-state index contributed by atoms with van der Waals surface area (Å²) in [5.41, 5.74) is 1.24. The first-order chi connectivity index (χ1) is 11.0. The van der Waals surface area contributed by atoms with Crippen molar-refractivity contribution in [2.24, 2.45) is 0 Å². The number of nitrogens with zero attached hydrogens (tertiary/aromatic N) is 1. The van der Waals surface area contributed by atoms with Gasteiger partial charge in [0.05, 0.1) is 5.56 Å². The van der Waals surface area contributed by atoms with Crippen LogP contribution in [-0.4, -0.2) is 23.0 Å². The number of carbonyl (C=O) groups excluding carboxylic acids is 1. The molecule has 0 unspecified atom stereocenters. The van der Waals surface area contributed by atoms with Gasteiger partial charge in [0.25, 0.3) is 5.91 Å². The average Bonchev–Trinajstić information content (AvgIpc) is 2.56. The maximum absolute atomic E-state index is 12.5. The van der Waals surface area contributed by atoms with E-state index in [0.717, 1.165) is 16.3 Å². The van der Waals surface area contributed by atoms with E-state index in [1.807, 2.05) is 30.3 Å². The molecule has 0 aliphatic rings. The maximum Gasteiger partial charge on any atom is 0.257 e. The van der Waals surface area contributed by atoms with E-state index in [0.29, 0.717) is 11.6 Å². The molecule has 1 N–H and O–H groups in total. The molecule has 1 amide bonds. The van der Waals surface area contributed by atoms with Gasteiger partial charge in [0.2, 0.25) is 0 Å². The molecule has 0 aliphatic heterocycles. The van der Waals surface area contributed by atoms with Gasteiger partial charge in [-0.15, -0.1) is 0 Å². The van der Waals surface area contributed by atoms with Gasteiger partial charge in [-0.2, -0.15) is 0 Å². The molecule has 3 aromatic carbocycles. The highest BCUT2D eigenvalue weighted by atomic mass is 35.5. The average molecular weight is 326 g/mol. The molecule has 3 aromatic rings. The molecule has 0 radical (unpaired) electrons. The van der Waals surface area contributed by atoms with Gasteiger partial charge < -0.3 is 10.0 Å². The second-order valence-electron chi connectivity index (χ2n) is 5.50. The van der Waals surface area contributed by atoms with E-state index in [9.17, 15) is 9.90 Å². The van der Waals surface area contributed by atoms with Gasteiger partial charge in [-0.3, -0.25) is 4.79 Å². The Labute approximate surface area is 139 Å². The van der Waals surface area contributed by atoms with Crippen LogP contribution in [0.1, 0.15) is 15.9 Å². The van der Waals surface area contributed by atoms with Crippen LogP contribution in [0.15, 0.2) is 60.7 Å². The first-order valence-corrected chi connectivity index (χ1v) is 7.64. The number of hydrogen-bond donors (Lipinski definition) is 1. The number of benzene rings is 3. The molecule has 0 aliphatic carbocycles. The fourth-order valence-corrected chi connectivity index (χ4v) is 2.74. The van der Waals surface area contributed by atoms with Crippen LogP contribution < -0.4 is 0 Å². The monoisotopic (exact) mass is 325 g/mol. The van der Waals surface area contributed by atoms with Crippen LogP contribution in [0.3, 0.4) is 0 Å². The molecule has 0 heterocycles. The van der Waals surface area contributed by atoms with Crippen LogP contribution in [0.5, 0.6) is 5.75 Å². The Bertz CT molecular complexity index is 876. The first kappa shape index (κ1) is 15.4. The van der Waals surface area contributed by atoms with Crippen molar-refractivity contribution in [3.63, 3.8) is 0 Å². The van der Waals surface area contributed by atoms with Crippen LogP contribution in [0, 0.1) is 0 Å². The summed E-state index contributed by atoms with van der Waals surface area (Å²) in [6.45, 7) is 0.454. The van der Waals surface area contributed by atoms with E-state index in [1.54, 1.807) is 18.0 Å². The summed E-state index contributed by atoms with van der Waals surface area (Å²) in [6, 6.07) is 18.7. The summed E-state index contributed by atoms with van der Waals surface area (Å²) in [5, 5.41) is 12.6. The fourth-order valence-electron chi connectivity index (χ4n) is 2.57. The Morgan fingerprint density at radius 2 is 1.78 bits per heavy atom. The Morgan fingerprint density at radius 3 is 2.57 bits per heavy atom. The van der Waals surface area contributed by atoms with E-state index in [-0.39, 0.29) is 17.2 Å². The van der Waals surface area contributed by atoms with E-state index in [4.69, 9.17) is 11.6 Å². The summed E-state index contributed by atoms with van der Waals surface area (Å²) in [4.78, 5) is 14.1. The summed E-state index contributed by atoms with van der Waals surface area (Å²) in [6.07, 6.45) is 0. The lowest BCUT2D eigenvalue weighted by molar-refractivity contribution is 0.0782. The zero-order valence-corrected chi connectivity index (χ0v) is 13.4. The lowest BCUT2D eigenvalue weighted by Crippen LogP contribution is -2.26. The number of rotatable bonds is 3. The molecular formula is C19H16ClNO2. The predicted octanol–water partition coefficient (Wildman–Crippen LogP) is 4.47. The van der Waals surface area contributed by atoms with Crippen LogP contribution >= 0.6 is 11.6 Å². The molecule has 0 fully saturated rings. The number of fused-ring (bicyclic) bond motifs is 1. The van der Waals surface area contributed by atoms with Crippen molar-refractivity contribution >= 4 is 28.3 Å². The van der Waals surface area contributed by atoms with Crippen molar-refractivity contribution in [3.8, 4) is 5.75 Å². The number of hydrogen-bond acceptors (Lipinski definition) is 2. The third kappa shape index (κ3) is 3.30. The van der Waals surface area contributed by atoms with E-state index in [2.05, 4.69) is 12.1 Å². The number of aromatic hydroxyl groups is 1. The second-order valence-corrected chi connectivity index (χ2v) is 5.94. The van der Waals surface area contributed by atoms with Gasteiger partial charge in [-0.05, 0) is 40.6 Å². The predicted molar refractivity (Wildman–Crippen MR) is 92.9 cm³/mol. The standard InChI is InChI=1S/C19H16ClNO2/c1-21(19(23)17-11-16(20)8-9-18(17)22)12-13-6-7-14-4-2-3-5-15(14)10-13/h2-11,22H,12H2,1H3. The summed E-state index contributed by atoms with van der Waals surface area (Å²) in [7, 11) is 1.71. The molecule has 0 saturated carbocycles. The highest BCUT2D eigenvalue weighted by molar-refractivity contribution is 6.31. The quantitative estimate of drug-likeness (QED) is 0.771.